The summed E-state index contributed by atoms with van der Waals surface area (Å²) in [4.78, 5) is 0. The van der Waals surface area contributed by atoms with Crippen molar-refractivity contribution in [2.24, 2.45) is 0 Å². The van der Waals surface area contributed by atoms with Gasteiger partial charge >= 0.3 is 0 Å². The molecule has 0 saturated heterocycles. The summed E-state index contributed by atoms with van der Waals surface area (Å²) in [6.45, 7) is 3.88. The maximum Gasteiger partial charge on any atom is 0.137 e. The van der Waals surface area contributed by atoms with Crippen molar-refractivity contribution >= 4 is 15.9 Å². The molecule has 0 spiro atoms. The van der Waals surface area contributed by atoms with Gasteiger partial charge in [-0.2, -0.15) is 0 Å². The minimum atomic E-state index is -0.341. The van der Waals surface area contributed by atoms with E-state index in [0.29, 0.717) is 10.0 Å². The van der Waals surface area contributed by atoms with E-state index in [4.69, 9.17) is 5.11 Å². The van der Waals surface area contributed by atoms with Crippen LogP contribution in [0.3, 0.4) is 0 Å². The van der Waals surface area contributed by atoms with Crippen molar-refractivity contribution in [1.29, 1.82) is 0 Å². The second-order valence-electron chi connectivity index (χ2n) is 1.91. The lowest BCUT2D eigenvalue weighted by Gasteiger charge is -1.96. The first kappa shape index (κ1) is 11.6. The van der Waals surface area contributed by atoms with E-state index in [9.17, 15) is 4.39 Å². The van der Waals surface area contributed by atoms with Gasteiger partial charge in [0, 0.05) is 0 Å². The van der Waals surface area contributed by atoms with Gasteiger partial charge in [-0.1, -0.05) is 19.9 Å². The lowest BCUT2D eigenvalue weighted by molar-refractivity contribution is 0.281. The molecule has 0 saturated carbocycles. The molecule has 0 unspecified atom stereocenters. The molecule has 3 heteroatoms. The molecule has 0 amide bonds. The van der Waals surface area contributed by atoms with Crippen molar-refractivity contribution in [3.05, 3.63) is 34.1 Å². The van der Waals surface area contributed by atoms with Crippen LogP contribution in [0.2, 0.25) is 0 Å². The number of aliphatic hydroxyl groups is 1. The van der Waals surface area contributed by atoms with Gasteiger partial charge in [0.05, 0.1) is 11.1 Å². The van der Waals surface area contributed by atoms with Gasteiger partial charge in [-0.15, -0.1) is 0 Å². The number of aliphatic hydroxyl groups excluding tert-OH is 1. The van der Waals surface area contributed by atoms with E-state index in [1.165, 1.54) is 6.07 Å². The lowest BCUT2D eigenvalue weighted by Crippen LogP contribution is -1.84. The summed E-state index contributed by atoms with van der Waals surface area (Å²) >= 11 is 3.00. The second kappa shape index (κ2) is 6.14. The summed E-state index contributed by atoms with van der Waals surface area (Å²) in [5.74, 6) is -0.341. The standard InChI is InChI=1S/C7H6BrFO.C2H6/c8-6-2-1-5(4-10)3-7(6)9;1-2/h1-3,10H,4H2;1-2H3. The molecule has 1 N–H and O–H groups in total. The molecular formula is C9H12BrFO. The second-order valence-corrected chi connectivity index (χ2v) is 2.76. The predicted molar refractivity (Wildman–Crippen MR) is 51.4 cm³/mol. The highest BCUT2D eigenvalue weighted by atomic mass is 79.9. The van der Waals surface area contributed by atoms with Crippen LogP contribution >= 0.6 is 15.9 Å². The first-order valence-corrected chi connectivity index (χ1v) is 4.58. The van der Waals surface area contributed by atoms with Crippen LogP contribution in [0.15, 0.2) is 22.7 Å². The molecule has 0 aliphatic carbocycles. The number of rotatable bonds is 1. The molecule has 0 fully saturated rings. The van der Waals surface area contributed by atoms with E-state index in [0.717, 1.165) is 0 Å². The molecule has 0 radical (unpaired) electrons. The zero-order valence-electron chi connectivity index (χ0n) is 7.14. The van der Waals surface area contributed by atoms with Crippen molar-refractivity contribution in [3.8, 4) is 0 Å². The molecule has 1 aromatic rings. The van der Waals surface area contributed by atoms with Crippen LogP contribution < -0.4 is 0 Å². The van der Waals surface area contributed by atoms with Gasteiger partial charge in [0.1, 0.15) is 5.82 Å². The average Bonchev–Trinajstić information content (AvgIpc) is 2.13. The Labute approximate surface area is 80.4 Å². The van der Waals surface area contributed by atoms with E-state index >= 15 is 0 Å². The van der Waals surface area contributed by atoms with Crippen molar-refractivity contribution in [2.75, 3.05) is 0 Å². The summed E-state index contributed by atoms with van der Waals surface area (Å²) in [5, 5.41) is 8.57. The summed E-state index contributed by atoms with van der Waals surface area (Å²) in [7, 11) is 0. The lowest BCUT2D eigenvalue weighted by atomic mass is 10.2. The molecular weight excluding hydrogens is 223 g/mol. The molecule has 12 heavy (non-hydrogen) atoms. The Morgan fingerprint density at radius 1 is 1.42 bits per heavy atom. The summed E-state index contributed by atoms with van der Waals surface area (Å²) in [6.07, 6.45) is 0. The van der Waals surface area contributed by atoms with Gasteiger partial charge in [0.25, 0.3) is 0 Å². The topological polar surface area (TPSA) is 20.2 Å². The third-order valence-electron chi connectivity index (χ3n) is 1.17. The summed E-state index contributed by atoms with van der Waals surface area (Å²) in [5.41, 5.74) is 0.584. The highest BCUT2D eigenvalue weighted by molar-refractivity contribution is 9.10. The zero-order chi connectivity index (χ0) is 9.56. The fourth-order valence-electron chi connectivity index (χ4n) is 0.638. The van der Waals surface area contributed by atoms with E-state index in [2.05, 4.69) is 15.9 Å². The van der Waals surface area contributed by atoms with Crippen LogP contribution in [0, 0.1) is 5.82 Å². The number of hydrogen-bond donors (Lipinski definition) is 1. The largest absolute Gasteiger partial charge is 0.392 e. The number of halogens is 2. The molecule has 0 aliphatic rings. The Morgan fingerprint density at radius 3 is 2.42 bits per heavy atom. The maximum atomic E-state index is 12.6. The smallest absolute Gasteiger partial charge is 0.137 e. The minimum absolute atomic E-state index is 0.121. The molecule has 0 aliphatic heterocycles. The van der Waals surface area contributed by atoms with Gasteiger partial charge in [-0.3, -0.25) is 0 Å². The van der Waals surface area contributed by atoms with Crippen LogP contribution in [0.1, 0.15) is 19.4 Å². The van der Waals surface area contributed by atoms with E-state index in [1.54, 1.807) is 12.1 Å². The fraction of sp³-hybridized carbons (Fsp3) is 0.333. The highest BCUT2D eigenvalue weighted by Crippen LogP contribution is 2.15. The third-order valence-corrected chi connectivity index (χ3v) is 1.81. The van der Waals surface area contributed by atoms with Gasteiger partial charge in [0.2, 0.25) is 0 Å². The van der Waals surface area contributed by atoms with Gasteiger partial charge in [-0.25, -0.2) is 4.39 Å². The predicted octanol–water partition coefficient (Wildman–Crippen LogP) is 3.11. The van der Waals surface area contributed by atoms with Crippen LogP contribution in [0.4, 0.5) is 4.39 Å². The first-order valence-electron chi connectivity index (χ1n) is 3.79. The Kier molecular flexibility index (Phi) is 5.93. The molecule has 0 heterocycles. The SMILES string of the molecule is CC.OCc1ccc(Br)c(F)c1. The molecule has 1 aromatic carbocycles. The molecule has 1 rings (SSSR count). The molecule has 0 bridgehead atoms. The fourth-order valence-corrected chi connectivity index (χ4v) is 0.885. The van der Waals surface area contributed by atoms with Crippen molar-refractivity contribution in [2.45, 2.75) is 20.5 Å². The highest BCUT2D eigenvalue weighted by Gasteiger charge is 1.97. The maximum absolute atomic E-state index is 12.6. The van der Waals surface area contributed by atoms with E-state index in [-0.39, 0.29) is 12.4 Å². The number of benzene rings is 1. The van der Waals surface area contributed by atoms with Crippen molar-refractivity contribution in [3.63, 3.8) is 0 Å². The van der Waals surface area contributed by atoms with Gasteiger partial charge < -0.3 is 5.11 Å². The first-order chi connectivity index (χ1) is 5.74. The molecule has 68 valence electrons. The Bertz CT molecular complexity index is 238. The van der Waals surface area contributed by atoms with Crippen molar-refractivity contribution in [1.82, 2.24) is 0 Å². The molecule has 1 nitrogen and oxygen atoms in total. The Morgan fingerprint density at radius 2 is 2.00 bits per heavy atom. The molecule has 0 atom stereocenters. The average molecular weight is 235 g/mol. The van der Waals surface area contributed by atoms with Gasteiger partial charge in [0.15, 0.2) is 0 Å². The van der Waals surface area contributed by atoms with E-state index in [1.807, 2.05) is 13.8 Å². The molecule has 0 aromatic heterocycles. The Balaban J connectivity index is 0.000000561. The number of hydrogen-bond acceptors (Lipinski definition) is 1. The minimum Gasteiger partial charge on any atom is -0.392 e. The van der Waals surface area contributed by atoms with Gasteiger partial charge in [-0.05, 0) is 33.6 Å². The quantitative estimate of drug-likeness (QED) is 0.792. The van der Waals surface area contributed by atoms with Crippen LogP contribution in [-0.2, 0) is 6.61 Å². The zero-order valence-corrected chi connectivity index (χ0v) is 8.73. The van der Waals surface area contributed by atoms with Crippen LogP contribution in [0.5, 0.6) is 0 Å². The van der Waals surface area contributed by atoms with Crippen LogP contribution in [0.25, 0.3) is 0 Å². The monoisotopic (exact) mass is 234 g/mol. The summed E-state index contributed by atoms with van der Waals surface area (Å²) in [6, 6.07) is 4.53. The Hall–Kier alpha value is -0.410. The third kappa shape index (κ3) is 3.32. The van der Waals surface area contributed by atoms with Crippen LogP contribution in [-0.4, -0.2) is 5.11 Å². The normalized spacial score (nSPS) is 8.75. The van der Waals surface area contributed by atoms with E-state index < -0.39 is 0 Å². The van der Waals surface area contributed by atoms with Crippen molar-refractivity contribution < 1.29 is 9.50 Å². The summed E-state index contributed by atoms with van der Waals surface area (Å²) < 4.78 is 13.0.